The van der Waals surface area contributed by atoms with E-state index in [-0.39, 0.29) is 18.1 Å². The molecule has 2 amide bonds. The van der Waals surface area contributed by atoms with E-state index in [1.165, 1.54) is 12.1 Å². The molecule has 0 saturated heterocycles. The van der Waals surface area contributed by atoms with E-state index in [0.717, 1.165) is 15.8 Å². The number of aromatic nitrogens is 2. The number of nitrogens with one attached hydrogen (secondary N) is 1. The highest BCUT2D eigenvalue weighted by atomic mass is 19.4. The number of nitrogens with zero attached hydrogens (tertiary/aromatic N) is 2. The molecular weight excluding hydrogens is 411 g/mol. The number of halogens is 3. The second-order valence-electron chi connectivity index (χ2n) is 7.05. The van der Waals surface area contributed by atoms with Gasteiger partial charge in [0.05, 0.1) is 11.4 Å². The summed E-state index contributed by atoms with van der Waals surface area (Å²) in [6.45, 7) is 3.93. The van der Waals surface area contributed by atoms with Crippen LogP contribution in [0.15, 0.2) is 42.5 Å². The van der Waals surface area contributed by atoms with Gasteiger partial charge in [-0.2, -0.15) is 18.3 Å². The molecular formula is C21H20F3N5O2. The van der Waals surface area contributed by atoms with E-state index < -0.39 is 29.2 Å². The van der Waals surface area contributed by atoms with Crippen LogP contribution in [-0.4, -0.2) is 21.6 Å². The summed E-state index contributed by atoms with van der Waals surface area (Å²) in [4.78, 5) is 24.1. The first-order valence-corrected chi connectivity index (χ1v) is 9.19. The normalized spacial score (nSPS) is 11.4. The third-order valence-corrected chi connectivity index (χ3v) is 4.70. The molecule has 0 aliphatic carbocycles. The number of hydrogen-bond acceptors (Lipinski definition) is 4. The number of rotatable bonds is 5. The van der Waals surface area contributed by atoms with Gasteiger partial charge in [-0.25, -0.2) is 4.68 Å². The summed E-state index contributed by atoms with van der Waals surface area (Å²) in [5, 5.41) is 6.23. The number of primary amides is 1. The largest absolute Gasteiger partial charge is 0.437 e. The molecule has 0 radical (unpaired) electrons. The van der Waals surface area contributed by atoms with Crippen LogP contribution in [0.1, 0.15) is 43.2 Å². The van der Waals surface area contributed by atoms with Gasteiger partial charge >= 0.3 is 6.18 Å². The van der Waals surface area contributed by atoms with Gasteiger partial charge in [-0.1, -0.05) is 29.8 Å². The Bertz CT molecular complexity index is 1150. The average Bonchev–Trinajstić information content (AvgIpc) is 3.06. The standard InChI is InChI=1S/C21H20F3N5O2/c1-11-3-4-12(2)15(9-11)20(31)27-10-13-5-7-14(8-6-13)29-17(19(26)30)16(25)18(28-29)21(22,23)24/h3-9H,10,25H2,1-2H3,(H2,26,30)(H,27,31). The van der Waals surface area contributed by atoms with Crippen LogP contribution in [0.5, 0.6) is 0 Å². The first kappa shape index (κ1) is 21.9. The van der Waals surface area contributed by atoms with E-state index in [0.29, 0.717) is 11.1 Å². The lowest BCUT2D eigenvalue weighted by molar-refractivity contribution is -0.140. The second-order valence-corrected chi connectivity index (χ2v) is 7.05. The van der Waals surface area contributed by atoms with Crippen molar-refractivity contribution in [3.8, 4) is 5.69 Å². The Balaban J connectivity index is 1.82. The predicted octanol–water partition coefficient (Wildman–Crippen LogP) is 3.12. The summed E-state index contributed by atoms with van der Waals surface area (Å²) < 4.78 is 40.1. The first-order valence-electron chi connectivity index (χ1n) is 9.19. The fourth-order valence-electron chi connectivity index (χ4n) is 3.08. The minimum Gasteiger partial charge on any atom is -0.395 e. The zero-order chi connectivity index (χ0) is 22.9. The highest BCUT2D eigenvalue weighted by Gasteiger charge is 2.39. The summed E-state index contributed by atoms with van der Waals surface area (Å²) in [6.07, 6.45) is -4.84. The van der Waals surface area contributed by atoms with Crippen molar-refractivity contribution in [2.75, 3.05) is 5.73 Å². The fraction of sp³-hybridized carbons (Fsp3) is 0.190. The molecule has 5 N–H and O–H groups in total. The zero-order valence-electron chi connectivity index (χ0n) is 16.7. The van der Waals surface area contributed by atoms with E-state index in [4.69, 9.17) is 11.5 Å². The highest BCUT2D eigenvalue weighted by molar-refractivity contribution is 5.97. The Morgan fingerprint density at radius 3 is 2.32 bits per heavy atom. The third-order valence-electron chi connectivity index (χ3n) is 4.70. The van der Waals surface area contributed by atoms with Gasteiger partial charge in [0.25, 0.3) is 11.8 Å². The van der Waals surface area contributed by atoms with Gasteiger partial charge in [0, 0.05) is 12.1 Å². The minimum atomic E-state index is -4.84. The van der Waals surface area contributed by atoms with Crippen LogP contribution in [0.3, 0.4) is 0 Å². The maximum atomic E-state index is 13.1. The molecule has 162 valence electrons. The first-order chi connectivity index (χ1) is 14.5. The Hall–Kier alpha value is -3.82. The Morgan fingerprint density at radius 1 is 1.10 bits per heavy atom. The Labute approximate surface area is 175 Å². The molecule has 0 saturated carbocycles. The SMILES string of the molecule is Cc1ccc(C)c(C(=O)NCc2ccc(-n3nc(C(F)(F)F)c(N)c3C(N)=O)cc2)c1. The maximum absolute atomic E-state index is 13.1. The van der Waals surface area contributed by atoms with Gasteiger partial charge in [-0.05, 0) is 43.2 Å². The Morgan fingerprint density at radius 2 is 1.74 bits per heavy atom. The van der Waals surface area contributed by atoms with E-state index in [1.807, 2.05) is 26.0 Å². The molecule has 0 aliphatic rings. The molecule has 31 heavy (non-hydrogen) atoms. The third kappa shape index (κ3) is 4.52. The van der Waals surface area contributed by atoms with Crippen molar-refractivity contribution >= 4 is 17.5 Å². The van der Waals surface area contributed by atoms with Gasteiger partial charge in [0.1, 0.15) is 0 Å². The van der Waals surface area contributed by atoms with E-state index in [9.17, 15) is 22.8 Å². The topological polar surface area (TPSA) is 116 Å². The van der Waals surface area contributed by atoms with Crippen molar-refractivity contribution in [2.45, 2.75) is 26.6 Å². The summed E-state index contributed by atoms with van der Waals surface area (Å²) in [5.41, 5.74) is 11.1. The molecule has 7 nitrogen and oxygen atoms in total. The van der Waals surface area contributed by atoms with E-state index in [1.54, 1.807) is 18.2 Å². The highest BCUT2D eigenvalue weighted by Crippen LogP contribution is 2.35. The van der Waals surface area contributed by atoms with E-state index >= 15 is 0 Å². The molecule has 10 heteroatoms. The molecule has 2 aromatic carbocycles. The molecule has 0 fully saturated rings. The smallest absolute Gasteiger partial charge is 0.395 e. The minimum absolute atomic E-state index is 0.167. The summed E-state index contributed by atoms with van der Waals surface area (Å²) in [7, 11) is 0. The van der Waals surface area contributed by atoms with Crippen LogP contribution in [0.4, 0.5) is 18.9 Å². The van der Waals surface area contributed by atoms with Gasteiger partial charge in [0.2, 0.25) is 0 Å². The zero-order valence-corrected chi connectivity index (χ0v) is 16.7. The summed E-state index contributed by atoms with van der Waals surface area (Å²) in [5.74, 6) is -1.37. The van der Waals surface area contributed by atoms with Gasteiger partial charge in [-0.3, -0.25) is 9.59 Å². The van der Waals surface area contributed by atoms with Crippen molar-refractivity contribution in [1.29, 1.82) is 0 Å². The average molecular weight is 431 g/mol. The van der Waals surface area contributed by atoms with Crippen LogP contribution in [0.2, 0.25) is 0 Å². The van der Waals surface area contributed by atoms with Crippen molar-refractivity contribution in [1.82, 2.24) is 15.1 Å². The maximum Gasteiger partial charge on any atom is 0.437 e. The van der Waals surface area contributed by atoms with Crippen molar-refractivity contribution in [3.05, 3.63) is 76.1 Å². The molecule has 0 atom stereocenters. The molecule has 1 heterocycles. The van der Waals surface area contributed by atoms with E-state index in [2.05, 4.69) is 10.4 Å². The molecule has 3 aromatic rings. The van der Waals surface area contributed by atoms with Gasteiger partial charge in [-0.15, -0.1) is 0 Å². The van der Waals surface area contributed by atoms with Crippen LogP contribution in [0.25, 0.3) is 5.69 Å². The van der Waals surface area contributed by atoms with Crippen molar-refractivity contribution < 1.29 is 22.8 Å². The number of anilines is 1. The number of aryl methyl sites for hydroxylation is 2. The van der Waals surface area contributed by atoms with Gasteiger partial charge in [0.15, 0.2) is 11.4 Å². The van der Waals surface area contributed by atoms with Crippen molar-refractivity contribution in [3.63, 3.8) is 0 Å². The molecule has 0 bridgehead atoms. The number of nitrogen functional groups attached to an aromatic ring is 1. The number of benzene rings is 2. The molecule has 3 rings (SSSR count). The number of amides is 2. The molecule has 0 aliphatic heterocycles. The van der Waals surface area contributed by atoms with Crippen LogP contribution in [0, 0.1) is 13.8 Å². The van der Waals surface area contributed by atoms with Crippen LogP contribution < -0.4 is 16.8 Å². The Kier molecular flexibility index (Phi) is 5.74. The lowest BCUT2D eigenvalue weighted by atomic mass is 10.0. The number of hydrogen-bond donors (Lipinski definition) is 3. The number of nitrogens with two attached hydrogens (primary N) is 2. The lowest BCUT2D eigenvalue weighted by Gasteiger charge is -2.10. The molecule has 1 aromatic heterocycles. The van der Waals surface area contributed by atoms with Crippen LogP contribution in [-0.2, 0) is 12.7 Å². The predicted molar refractivity (Wildman–Crippen MR) is 109 cm³/mol. The monoisotopic (exact) mass is 431 g/mol. The quantitative estimate of drug-likeness (QED) is 0.576. The number of carbonyl (C=O) groups excluding carboxylic acids is 2. The lowest BCUT2D eigenvalue weighted by Crippen LogP contribution is -2.23. The fourth-order valence-corrected chi connectivity index (χ4v) is 3.08. The van der Waals surface area contributed by atoms with Crippen LogP contribution >= 0.6 is 0 Å². The van der Waals surface area contributed by atoms with Gasteiger partial charge < -0.3 is 16.8 Å². The summed E-state index contributed by atoms with van der Waals surface area (Å²) in [6, 6.07) is 11.7. The summed E-state index contributed by atoms with van der Waals surface area (Å²) >= 11 is 0. The number of carbonyl (C=O) groups is 2. The molecule has 0 spiro atoms. The number of alkyl halides is 3. The second kappa shape index (κ2) is 8.13. The molecule has 0 unspecified atom stereocenters. The van der Waals surface area contributed by atoms with Crippen molar-refractivity contribution in [2.24, 2.45) is 5.73 Å².